The first-order valence-electron chi connectivity index (χ1n) is 10.0. The number of ether oxygens (including phenoxy) is 2. The largest absolute Gasteiger partial charge is 0.493 e. The van der Waals surface area contributed by atoms with Gasteiger partial charge in [0.25, 0.3) is 0 Å². The van der Waals surface area contributed by atoms with Crippen LogP contribution in [0.5, 0.6) is 11.5 Å². The first-order valence-corrected chi connectivity index (χ1v) is 10.0. The smallest absolute Gasteiger partial charge is 0.416 e. The lowest BCUT2D eigenvalue weighted by molar-refractivity contribution is -0.142. The minimum atomic E-state index is -4.87. The van der Waals surface area contributed by atoms with E-state index in [-0.39, 0.29) is 17.1 Å². The van der Waals surface area contributed by atoms with Crippen LogP contribution in [-0.2, 0) is 19.0 Å². The highest BCUT2D eigenvalue weighted by Crippen LogP contribution is 2.38. The van der Waals surface area contributed by atoms with Gasteiger partial charge in [-0.15, -0.1) is 5.10 Å². The normalized spacial score (nSPS) is 14.0. The molecule has 1 saturated carbocycles. The standard InChI is InChI=1S/C22H16F6N4O2/c23-21(24,25)15-3-4-18(22(26,27)28)14(5-15)11-34-17-7-13(20-19(9-29)30-32-31-20)6-16(8-17)33-10-12-1-2-12/h3-8,12H,1-2,10-11H2,(H,30,31,32). The molecule has 3 aromatic rings. The maximum atomic E-state index is 13.4. The van der Waals surface area contributed by atoms with Crippen molar-refractivity contribution in [2.45, 2.75) is 31.8 Å². The molecule has 1 fully saturated rings. The Labute approximate surface area is 189 Å². The lowest BCUT2D eigenvalue weighted by Gasteiger charge is -2.17. The van der Waals surface area contributed by atoms with E-state index >= 15 is 0 Å². The second kappa shape index (κ2) is 8.89. The van der Waals surface area contributed by atoms with E-state index in [1.165, 1.54) is 12.1 Å². The van der Waals surface area contributed by atoms with Gasteiger partial charge in [-0.2, -0.15) is 31.6 Å². The Morgan fingerprint density at radius 2 is 1.68 bits per heavy atom. The van der Waals surface area contributed by atoms with Crippen LogP contribution in [0.2, 0.25) is 0 Å². The number of benzene rings is 2. The van der Waals surface area contributed by atoms with Gasteiger partial charge >= 0.3 is 12.4 Å². The Morgan fingerprint density at radius 1 is 0.971 bits per heavy atom. The van der Waals surface area contributed by atoms with Crippen LogP contribution < -0.4 is 9.47 Å². The summed E-state index contributed by atoms with van der Waals surface area (Å²) in [6.45, 7) is -0.368. The summed E-state index contributed by atoms with van der Waals surface area (Å²) in [7, 11) is 0. The summed E-state index contributed by atoms with van der Waals surface area (Å²) >= 11 is 0. The highest BCUT2D eigenvalue weighted by Gasteiger charge is 2.37. The highest BCUT2D eigenvalue weighted by atomic mass is 19.4. The van der Waals surface area contributed by atoms with Gasteiger partial charge < -0.3 is 9.47 Å². The molecule has 1 aliphatic rings. The van der Waals surface area contributed by atoms with Crippen molar-refractivity contribution in [3.8, 4) is 28.8 Å². The second-order valence-electron chi connectivity index (χ2n) is 7.75. The number of hydrogen-bond donors (Lipinski definition) is 1. The van der Waals surface area contributed by atoms with E-state index in [1.807, 2.05) is 6.07 Å². The van der Waals surface area contributed by atoms with Crippen LogP contribution in [0.1, 0.15) is 35.2 Å². The molecule has 0 amide bonds. The van der Waals surface area contributed by atoms with Crippen LogP contribution in [-0.4, -0.2) is 22.0 Å². The first kappa shape index (κ1) is 23.4. The zero-order chi connectivity index (χ0) is 24.5. The summed E-state index contributed by atoms with van der Waals surface area (Å²) in [4.78, 5) is 0. The number of H-pyrrole nitrogens is 1. The van der Waals surface area contributed by atoms with E-state index in [0.717, 1.165) is 12.8 Å². The molecule has 0 aliphatic heterocycles. The predicted molar refractivity (Wildman–Crippen MR) is 106 cm³/mol. The molecule has 1 heterocycles. The molecule has 178 valence electrons. The van der Waals surface area contributed by atoms with Gasteiger partial charge in [-0.25, -0.2) is 5.10 Å². The van der Waals surface area contributed by atoms with Gasteiger partial charge in [0.2, 0.25) is 0 Å². The molecule has 0 atom stereocenters. The van der Waals surface area contributed by atoms with Crippen molar-refractivity contribution in [1.82, 2.24) is 15.4 Å². The van der Waals surface area contributed by atoms with Crippen LogP contribution >= 0.6 is 0 Å². The van der Waals surface area contributed by atoms with Crippen molar-refractivity contribution in [2.24, 2.45) is 5.92 Å². The van der Waals surface area contributed by atoms with E-state index < -0.39 is 35.6 Å². The van der Waals surface area contributed by atoms with E-state index in [9.17, 15) is 31.6 Å². The zero-order valence-electron chi connectivity index (χ0n) is 17.3. The number of nitrogens with zero attached hydrogens (tertiary/aromatic N) is 3. The van der Waals surface area contributed by atoms with E-state index in [1.54, 1.807) is 6.07 Å². The average molecular weight is 482 g/mol. The third-order valence-electron chi connectivity index (χ3n) is 5.13. The van der Waals surface area contributed by atoms with Gasteiger partial charge in [0, 0.05) is 17.2 Å². The van der Waals surface area contributed by atoms with Crippen molar-refractivity contribution in [2.75, 3.05) is 6.61 Å². The topological polar surface area (TPSA) is 83.8 Å². The molecule has 1 aliphatic carbocycles. The van der Waals surface area contributed by atoms with Gasteiger partial charge in [-0.1, -0.05) is 5.21 Å². The fourth-order valence-corrected chi connectivity index (χ4v) is 3.21. The van der Waals surface area contributed by atoms with E-state index in [4.69, 9.17) is 9.47 Å². The van der Waals surface area contributed by atoms with Crippen LogP contribution in [0, 0.1) is 17.2 Å². The Balaban J connectivity index is 1.66. The van der Waals surface area contributed by atoms with Crippen molar-refractivity contribution in [3.05, 3.63) is 58.8 Å². The molecule has 6 nitrogen and oxygen atoms in total. The number of hydrogen-bond acceptors (Lipinski definition) is 5. The van der Waals surface area contributed by atoms with Crippen molar-refractivity contribution >= 4 is 0 Å². The van der Waals surface area contributed by atoms with Crippen molar-refractivity contribution < 1.29 is 35.8 Å². The SMILES string of the molecule is N#Cc1[nH]nnc1-c1cc(OCc2cc(C(F)(F)F)ccc2C(F)(F)F)cc(OCC2CC2)c1. The molecule has 2 aromatic carbocycles. The van der Waals surface area contributed by atoms with Gasteiger partial charge in [0.05, 0.1) is 17.7 Å². The molecule has 0 saturated heterocycles. The third kappa shape index (κ3) is 5.41. The summed E-state index contributed by atoms with van der Waals surface area (Å²) in [5.74, 6) is 0.737. The predicted octanol–water partition coefficient (Wildman–Crippen LogP) is 5.75. The molecular formula is C22H16F6N4O2. The van der Waals surface area contributed by atoms with E-state index in [0.29, 0.717) is 42.0 Å². The molecule has 4 rings (SSSR count). The summed E-state index contributed by atoms with van der Waals surface area (Å²) < 4.78 is 90.5. The second-order valence-corrected chi connectivity index (χ2v) is 7.75. The van der Waals surface area contributed by atoms with Gasteiger partial charge in [-0.3, -0.25) is 0 Å². The van der Waals surface area contributed by atoms with Crippen molar-refractivity contribution in [1.29, 1.82) is 5.26 Å². The molecule has 34 heavy (non-hydrogen) atoms. The van der Waals surface area contributed by atoms with Crippen LogP contribution in [0.15, 0.2) is 36.4 Å². The van der Waals surface area contributed by atoms with Gasteiger partial charge in [0.15, 0.2) is 5.69 Å². The van der Waals surface area contributed by atoms with Gasteiger partial charge in [-0.05, 0) is 49.1 Å². The number of rotatable bonds is 7. The Hall–Kier alpha value is -3.75. The molecule has 0 unspecified atom stereocenters. The molecule has 0 spiro atoms. The van der Waals surface area contributed by atoms with Gasteiger partial charge in [0.1, 0.15) is 29.9 Å². The Bertz CT molecular complexity index is 1230. The number of aromatic amines is 1. The first-order chi connectivity index (χ1) is 16.0. The molecule has 0 bridgehead atoms. The highest BCUT2D eigenvalue weighted by molar-refractivity contribution is 5.67. The minimum Gasteiger partial charge on any atom is -0.493 e. The Kier molecular flexibility index (Phi) is 6.12. The number of aromatic nitrogens is 3. The minimum absolute atomic E-state index is 0.0284. The fourth-order valence-electron chi connectivity index (χ4n) is 3.21. The number of nitriles is 1. The summed E-state index contributed by atoms with van der Waals surface area (Å²) in [5, 5.41) is 19.0. The maximum absolute atomic E-state index is 13.4. The summed E-state index contributed by atoms with van der Waals surface area (Å²) in [6, 6.07) is 7.44. The number of alkyl halides is 6. The monoisotopic (exact) mass is 482 g/mol. The van der Waals surface area contributed by atoms with Crippen LogP contribution in [0.25, 0.3) is 11.3 Å². The molecule has 12 heteroatoms. The molecule has 0 radical (unpaired) electrons. The zero-order valence-corrected chi connectivity index (χ0v) is 17.3. The molecular weight excluding hydrogens is 466 g/mol. The molecule has 1 N–H and O–H groups in total. The van der Waals surface area contributed by atoms with E-state index in [2.05, 4.69) is 15.4 Å². The number of nitrogens with one attached hydrogen (secondary N) is 1. The lowest BCUT2D eigenvalue weighted by Crippen LogP contribution is -2.14. The van der Waals surface area contributed by atoms with Crippen LogP contribution in [0.4, 0.5) is 26.3 Å². The third-order valence-corrected chi connectivity index (χ3v) is 5.13. The van der Waals surface area contributed by atoms with Crippen LogP contribution in [0.3, 0.4) is 0 Å². The maximum Gasteiger partial charge on any atom is 0.416 e. The summed E-state index contributed by atoms with van der Waals surface area (Å²) in [6.07, 6.45) is -7.66. The fraction of sp³-hybridized carbons (Fsp3) is 0.318. The summed E-state index contributed by atoms with van der Waals surface area (Å²) in [5.41, 5.74) is -2.57. The van der Waals surface area contributed by atoms with Crippen molar-refractivity contribution in [3.63, 3.8) is 0 Å². The lowest BCUT2D eigenvalue weighted by atomic mass is 10.0. The molecule has 1 aromatic heterocycles. The number of halogens is 6. The Morgan fingerprint density at radius 3 is 2.29 bits per heavy atom. The average Bonchev–Trinajstić information content (AvgIpc) is 3.48. The quantitative estimate of drug-likeness (QED) is 0.434.